The predicted molar refractivity (Wildman–Crippen MR) is 59.0 cm³/mol. The Hall–Kier alpha value is -1.00. The molecule has 0 aliphatic carbocycles. The van der Waals surface area contributed by atoms with Gasteiger partial charge in [-0.15, -0.1) is 0 Å². The quantitative estimate of drug-likeness (QED) is 0.811. The van der Waals surface area contributed by atoms with Crippen LogP contribution in [0.2, 0.25) is 0 Å². The fraction of sp³-hybridized carbons (Fsp3) is 0.500. The van der Waals surface area contributed by atoms with E-state index in [-0.39, 0.29) is 18.7 Å². The Morgan fingerprint density at radius 1 is 1.31 bits per heavy atom. The highest BCUT2D eigenvalue weighted by atomic mass is 19.1. The molecular formula is C12H17F2NO. The lowest BCUT2D eigenvalue weighted by atomic mass is 10.0. The van der Waals surface area contributed by atoms with Gasteiger partial charge < -0.3 is 10.4 Å². The Morgan fingerprint density at radius 3 is 2.62 bits per heavy atom. The van der Waals surface area contributed by atoms with Crippen molar-refractivity contribution in [2.75, 3.05) is 6.61 Å². The molecule has 0 heterocycles. The number of aliphatic hydroxyl groups is 1. The lowest BCUT2D eigenvalue weighted by molar-refractivity contribution is 0.229. The lowest BCUT2D eigenvalue weighted by Crippen LogP contribution is -2.39. The van der Waals surface area contributed by atoms with Gasteiger partial charge in [0.25, 0.3) is 0 Å². The smallest absolute Gasteiger partial charge is 0.127 e. The first kappa shape index (κ1) is 13.1. The predicted octanol–water partition coefficient (Wildman–Crippen LogP) is 2.22. The minimum Gasteiger partial charge on any atom is -0.396 e. The number of nitrogens with one attached hydrogen (secondary N) is 1. The standard InChI is InChI=1S/C12H17F2NO/c1-12(2,5-6-16)15-8-9-7-10(13)3-4-11(9)14/h3-4,7,15-16H,5-6,8H2,1-2H3. The van der Waals surface area contributed by atoms with E-state index in [1.165, 1.54) is 6.07 Å². The summed E-state index contributed by atoms with van der Waals surface area (Å²) in [6, 6.07) is 3.39. The number of hydrogen-bond acceptors (Lipinski definition) is 2. The summed E-state index contributed by atoms with van der Waals surface area (Å²) >= 11 is 0. The maximum Gasteiger partial charge on any atom is 0.127 e. The second kappa shape index (κ2) is 5.37. The largest absolute Gasteiger partial charge is 0.396 e. The van der Waals surface area contributed by atoms with Gasteiger partial charge in [-0.25, -0.2) is 8.78 Å². The van der Waals surface area contributed by atoms with E-state index in [2.05, 4.69) is 5.32 Å². The number of aliphatic hydroxyl groups excluding tert-OH is 1. The number of benzene rings is 1. The fourth-order valence-corrected chi connectivity index (χ4v) is 1.38. The highest BCUT2D eigenvalue weighted by Crippen LogP contribution is 2.13. The summed E-state index contributed by atoms with van der Waals surface area (Å²) in [5.74, 6) is -0.869. The molecule has 2 N–H and O–H groups in total. The highest BCUT2D eigenvalue weighted by Gasteiger charge is 2.16. The van der Waals surface area contributed by atoms with Crippen molar-refractivity contribution in [3.63, 3.8) is 0 Å². The molecule has 0 aliphatic rings. The molecule has 0 amide bonds. The summed E-state index contributed by atoms with van der Waals surface area (Å²) < 4.78 is 26.2. The molecule has 0 saturated carbocycles. The van der Waals surface area contributed by atoms with E-state index >= 15 is 0 Å². The van der Waals surface area contributed by atoms with Crippen LogP contribution >= 0.6 is 0 Å². The van der Waals surface area contributed by atoms with Crippen LogP contribution in [0.4, 0.5) is 8.78 Å². The van der Waals surface area contributed by atoms with Crippen molar-refractivity contribution >= 4 is 0 Å². The van der Waals surface area contributed by atoms with Crippen molar-refractivity contribution in [3.05, 3.63) is 35.4 Å². The maximum atomic E-state index is 13.3. The highest BCUT2D eigenvalue weighted by molar-refractivity contribution is 5.18. The zero-order chi connectivity index (χ0) is 12.2. The van der Waals surface area contributed by atoms with Gasteiger partial charge in [-0.3, -0.25) is 0 Å². The average molecular weight is 229 g/mol. The molecule has 1 aromatic rings. The van der Waals surface area contributed by atoms with Crippen LogP contribution in [-0.2, 0) is 6.54 Å². The van der Waals surface area contributed by atoms with E-state index in [0.29, 0.717) is 12.0 Å². The van der Waals surface area contributed by atoms with Gasteiger partial charge in [-0.1, -0.05) is 0 Å². The third-order valence-electron chi connectivity index (χ3n) is 2.50. The van der Waals surface area contributed by atoms with E-state index in [1.54, 1.807) is 0 Å². The summed E-state index contributed by atoms with van der Waals surface area (Å²) in [6.45, 7) is 4.11. The van der Waals surface area contributed by atoms with Crippen molar-refractivity contribution in [2.24, 2.45) is 0 Å². The summed E-state index contributed by atoms with van der Waals surface area (Å²) in [5.41, 5.74) is -0.000872. The monoisotopic (exact) mass is 229 g/mol. The van der Waals surface area contributed by atoms with Crippen molar-refractivity contribution < 1.29 is 13.9 Å². The van der Waals surface area contributed by atoms with Gasteiger partial charge in [0.15, 0.2) is 0 Å². The van der Waals surface area contributed by atoms with Crippen LogP contribution in [0.3, 0.4) is 0 Å². The van der Waals surface area contributed by atoms with Crippen LogP contribution in [0.15, 0.2) is 18.2 Å². The number of hydrogen-bond donors (Lipinski definition) is 2. The normalized spacial score (nSPS) is 11.8. The second-order valence-corrected chi connectivity index (χ2v) is 4.45. The molecule has 90 valence electrons. The molecule has 0 fully saturated rings. The van der Waals surface area contributed by atoms with Crippen LogP contribution < -0.4 is 5.32 Å². The molecule has 0 radical (unpaired) electrons. The van der Waals surface area contributed by atoms with Gasteiger partial charge in [-0.05, 0) is 38.5 Å². The van der Waals surface area contributed by atoms with Crippen LogP contribution in [0.5, 0.6) is 0 Å². The van der Waals surface area contributed by atoms with Crippen LogP contribution in [0.25, 0.3) is 0 Å². The molecule has 0 atom stereocenters. The first-order chi connectivity index (χ1) is 7.44. The van der Waals surface area contributed by atoms with Crippen molar-refractivity contribution in [1.29, 1.82) is 0 Å². The molecule has 0 spiro atoms. The lowest BCUT2D eigenvalue weighted by Gasteiger charge is -2.25. The SMILES string of the molecule is CC(C)(CCO)NCc1cc(F)ccc1F. The first-order valence-corrected chi connectivity index (χ1v) is 5.24. The van der Waals surface area contributed by atoms with Crippen LogP contribution in [0.1, 0.15) is 25.8 Å². The minimum absolute atomic E-state index is 0.0611. The molecule has 0 aliphatic heterocycles. The van der Waals surface area contributed by atoms with Gasteiger partial charge in [0, 0.05) is 24.3 Å². The average Bonchev–Trinajstić information content (AvgIpc) is 2.19. The first-order valence-electron chi connectivity index (χ1n) is 5.24. The zero-order valence-corrected chi connectivity index (χ0v) is 9.56. The Labute approximate surface area is 94.3 Å². The number of halogens is 2. The summed E-state index contributed by atoms with van der Waals surface area (Å²) in [7, 11) is 0. The topological polar surface area (TPSA) is 32.3 Å². The molecule has 0 aromatic heterocycles. The molecular weight excluding hydrogens is 212 g/mol. The van der Waals surface area contributed by atoms with Crippen molar-refractivity contribution in [1.82, 2.24) is 5.32 Å². The zero-order valence-electron chi connectivity index (χ0n) is 9.56. The maximum absolute atomic E-state index is 13.3. The molecule has 0 bridgehead atoms. The molecule has 0 unspecified atom stereocenters. The van der Waals surface area contributed by atoms with E-state index < -0.39 is 11.6 Å². The Kier molecular flexibility index (Phi) is 4.38. The van der Waals surface area contributed by atoms with Gasteiger partial charge in [-0.2, -0.15) is 0 Å². The molecule has 0 saturated heterocycles. The summed E-state index contributed by atoms with van der Waals surface area (Å²) in [5, 5.41) is 11.9. The van der Waals surface area contributed by atoms with Crippen molar-refractivity contribution in [3.8, 4) is 0 Å². The third kappa shape index (κ3) is 3.87. The second-order valence-electron chi connectivity index (χ2n) is 4.45. The Morgan fingerprint density at radius 2 is 2.00 bits per heavy atom. The van der Waals surface area contributed by atoms with Gasteiger partial charge in [0.05, 0.1) is 0 Å². The van der Waals surface area contributed by atoms with E-state index in [4.69, 9.17) is 5.11 Å². The Balaban J connectivity index is 2.63. The number of rotatable bonds is 5. The van der Waals surface area contributed by atoms with Crippen molar-refractivity contribution in [2.45, 2.75) is 32.4 Å². The summed E-state index contributed by atoms with van der Waals surface area (Å²) in [6.07, 6.45) is 0.559. The van der Waals surface area contributed by atoms with Gasteiger partial charge in [0.1, 0.15) is 11.6 Å². The molecule has 1 rings (SSSR count). The Bertz CT molecular complexity index is 353. The van der Waals surface area contributed by atoms with Crippen LogP contribution in [0, 0.1) is 11.6 Å². The minimum atomic E-state index is -0.446. The fourth-order valence-electron chi connectivity index (χ4n) is 1.38. The van der Waals surface area contributed by atoms with Crippen LogP contribution in [-0.4, -0.2) is 17.3 Å². The van der Waals surface area contributed by atoms with E-state index in [9.17, 15) is 8.78 Å². The van der Waals surface area contributed by atoms with Gasteiger partial charge >= 0.3 is 0 Å². The molecule has 2 nitrogen and oxygen atoms in total. The van der Waals surface area contributed by atoms with Gasteiger partial charge in [0.2, 0.25) is 0 Å². The molecule has 4 heteroatoms. The van der Waals surface area contributed by atoms with E-state index in [1.807, 2.05) is 13.8 Å². The van der Waals surface area contributed by atoms with E-state index in [0.717, 1.165) is 12.1 Å². The molecule has 16 heavy (non-hydrogen) atoms. The molecule has 1 aromatic carbocycles. The third-order valence-corrected chi connectivity index (χ3v) is 2.50. The summed E-state index contributed by atoms with van der Waals surface area (Å²) in [4.78, 5) is 0.